The van der Waals surface area contributed by atoms with Gasteiger partial charge < -0.3 is 9.72 Å². The lowest BCUT2D eigenvalue weighted by Gasteiger charge is -2.10. The average molecular weight is 362 g/mol. The first-order valence-electron chi connectivity index (χ1n) is 8.09. The topological polar surface area (TPSA) is 59.2 Å². The third-order valence-electron chi connectivity index (χ3n) is 4.22. The highest BCUT2D eigenvalue weighted by atomic mass is 35.5. The van der Waals surface area contributed by atoms with Gasteiger partial charge in [0.25, 0.3) is 5.56 Å². The Morgan fingerprint density at radius 1 is 1.28 bits per heavy atom. The molecule has 2 aromatic rings. The van der Waals surface area contributed by atoms with Crippen LogP contribution in [-0.4, -0.2) is 17.6 Å². The van der Waals surface area contributed by atoms with Crippen molar-refractivity contribution in [2.75, 3.05) is 6.61 Å². The summed E-state index contributed by atoms with van der Waals surface area (Å²) in [5, 5.41) is 0.444. The van der Waals surface area contributed by atoms with Crippen LogP contribution in [0.5, 0.6) is 0 Å². The molecule has 0 unspecified atom stereocenters. The van der Waals surface area contributed by atoms with Crippen molar-refractivity contribution in [1.29, 1.82) is 0 Å². The predicted octanol–water partition coefficient (Wildman–Crippen LogP) is 4.44. The Kier molecular flexibility index (Phi) is 5.04. The zero-order chi connectivity index (χ0) is 18.0. The van der Waals surface area contributed by atoms with Crippen molar-refractivity contribution in [2.45, 2.75) is 26.2 Å². The van der Waals surface area contributed by atoms with Crippen LogP contribution in [0.25, 0.3) is 11.1 Å². The number of aromatic nitrogens is 1. The number of H-pyrrole nitrogens is 1. The van der Waals surface area contributed by atoms with E-state index in [1.807, 2.05) is 0 Å². The van der Waals surface area contributed by atoms with Crippen molar-refractivity contribution < 1.29 is 13.9 Å². The first-order valence-corrected chi connectivity index (χ1v) is 8.46. The minimum absolute atomic E-state index is 0.0990. The molecule has 0 atom stereocenters. The zero-order valence-corrected chi connectivity index (χ0v) is 14.5. The summed E-state index contributed by atoms with van der Waals surface area (Å²) in [6.45, 7) is 1.84. The van der Waals surface area contributed by atoms with Crippen LogP contribution in [-0.2, 0) is 4.74 Å². The molecule has 1 aromatic heterocycles. The number of hydrogen-bond donors (Lipinski definition) is 1. The van der Waals surface area contributed by atoms with Gasteiger partial charge in [0.05, 0.1) is 17.2 Å². The zero-order valence-electron chi connectivity index (χ0n) is 13.7. The van der Waals surface area contributed by atoms with Crippen molar-refractivity contribution in [2.24, 2.45) is 0 Å². The number of hydrogen-bond acceptors (Lipinski definition) is 3. The van der Waals surface area contributed by atoms with Crippen molar-refractivity contribution in [3.8, 4) is 0 Å². The van der Waals surface area contributed by atoms with Crippen molar-refractivity contribution in [3.63, 3.8) is 0 Å². The summed E-state index contributed by atoms with van der Waals surface area (Å²) in [5.41, 5.74) is 2.73. The van der Waals surface area contributed by atoms with Crippen LogP contribution in [0.2, 0.25) is 5.02 Å². The largest absolute Gasteiger partial charge is 0.462 e. The van der Waals surface area contributed by atoms with Gasteiger partial charge in [-0.05, 0) is 61.1 Å². The van der Waals surface area contributed by atoms with Gasteiger partial charge in [-0.3, -0.25) is 4.79 Å². The van der Waals surface area contributed by atoms with Crippen LogP contribution >= 0.6 is 11.6 Å². The highest BCUT2D eigenvalue weighted by Gasteiger charge is 2.22. The Morgan fingerprint density at radius 2 is 2.04 bits per heavy atom. The maximum absolute atomic E-state index is 14.0. The molecule has 1 heterocycles. The number of halogens is 2. The van der Waals surface area contributed by atoms with Crippen molar-refractivity contribution >= 4 is 28.7 Å². The van der Waals surface area contributed by atoms with E-state index in [0.29, 0.717) is 10.6 Å². The summed E-state index contributed by atoms with van der Waals surface area (Å²) < 4.78 is 18.9. The van der Waals surface area contributed by atoms with Crippen LogP contribution < -0.4 is 5.56 Å². The van der Waals surface area contributed by atoms with Gasteiger partial charge in [0, 0.05) is 11.8 Å². The van der Waals surface area contributed by atoms with E-state index in [1.54, 1.807) is 19.1 Å². The van der Waals surface area contributed by atoms with Gasteiger partial charge in [0.1, 0.15) is 5.82 Å². The molecule has 0 amide bonds. The smallest absolute Gasteiger partial charge is 0.341 e. The Labute approximate surface area is 149 Å². The number of rotatable bonds is 4. The number of aromatic amines is 1. The van der Waals surface area contributed by atoms with Gasteiger partial charge in [-0.2, -0.15) is 0 Å². The lowest BCUT2D eigenvalue weighted by atomic mass is 9.96. The molecule has 4 nitrogen and oxygen atoms in total. The second-order valence-corrected chi connectivity index (χ2v) is 6.22. The van der Waals surface area contributed by atoms with E-state index in [-0.39, 0.29) is 17.7 Å². The first-order chi connectivity index (χ1) is 12.0. The summed E-state index contributed by atoms with van der Waals surface area (Å²) in [4.78, 5) is 26.7. The van der Waals surface area contributed by atoms with E-state index < -0.39 is 11.8 Å². The van der Waals surface area contributed by atoms with E-state index in [9.17, 15) is 14.0 Å². The fraction of sp³-hybridized carbons (Fsp3) is 0.263. The number of carbonyl (C=O) groups excluding carboxylic acids is 1. The second kappa shape index (κ2) is 7.23. The number of benzene rings is 1. The van der Waals surface area contributed by atoms with Crippen molar-refractivity contribution in [3.05, 3.63) is 68.3 Å². The lowest BCUT2D eigenvalue weighted by Crippen LogP contribution is -2.11. The second-order valence-electron chi connectivity index (χ2n) is 5.79. The van der Waals surface area contributed by atoms with E-state index in [2.05, 4.69) is 4.98 Å². The Hall–Kier alpha value is -2.40. The number of allylic oxidation sites excluding steroid dienone is 2. The quantitative estimate of drug-likeness (QED) is 0.819. The summed E-state index contributed by atoms with van der Waals surface area (Å²) in [7, 11) is 0. The van der Waals surface area contributed by atoms with E-state index in [0.717, 1.165) is 36.0 Å². The standard InChI is InChI=1S/C19H17ClFNO3/c1-2-25-19(24)16-8-11(6-7-17(16)21)13-4-3-5-14(13)15-9-12(20)10-22-18(15)23/h6-10H,2-5H2,1H3,(H,22,23). The third kappa shape index (κ3) is 3.51. The molecule has 130 valence electrons. The highest BCUT2D eigenvalue weighted by Crippen LogP contribution is 2.39. The molecule has 0 radical (unpaired) electrons. The number of esters is 1. The van der Waals surface area contributed by atoms with Crippen molar-refractivity contribution in [1.82, 2.24) is 4.98 Å². The number of pyridine rings is 1. The first kappa shape index (κ1) is 17.4. The molecule has 1 aliphatic rings. The fourth-order valence-electron chi connectivity index (χ4n) is 3.12. The maximum Gasteiger partial charge on any atom is 0.341 e. The minimum atomic E-state index is -0.692. The van der Waals surface area contributed by atoms with E-state index >= 15 is 0 Å². The summed E-state index contributed by atoms with van der Waals surface area (Å²) in [6, 6.07) is 6.01. The van der Waals surface area contributed by atoms with E-state index in [4.69, 9.17) is 16.3 Å². The van der Waals surface area contributed by atoms with Crippen LogP contribution in [0.1, 0.15) is 47.7 Å². The van der Waals surface area contributed by atoms with Gasteiger partial charge in [0.2, 0.25) is 0 Å². The summed E-state index contributed by atoms with van der Waals surface area (Å²) in [5.74, 6) is -1.31. The summed E-state index contributed by atoms with van der Waals surface area (Å²) in [6.07, 6.45) is 3.79. The minimum Gasteiger partial charge on any atom is -0.462 e. The molecule has 3 rings (SSSR count). The molecule has 6 heteroatoms. The SMILES string of the molecule is CCOC(=O)c1cc(C2=C(c3cc(Cl)c[nH]c3=O)CCC2)ccc1F. The lowest BCUT2D eigenvalue weighted by molar-refractivity contribution is 0.0521. The van der Waals surface area contributed by atoms with Gasteiger partial charge >= 0.3 is 5.97 Å². The summed E-state index contributed by atoms with van der Waals surface area (Å²) >= 11 is 6.01. The number of ether oxygens (including phenoxy) is 1. The van der Waals surface area contributed by atoms with Crippen LogP contribution in [0.3, 0.4) is 0 Å². The molecule has 0 spiro atoms. The molecule has 0 bridgehead atoms. The predicted molar refractivity (Wildman–Crippen MR) is 95.1 cm³/mol. The van der Waals surface area contributed by atoms with Crippen LogP contribution in [0.15, 0.2) is 35.3 Å². The third-order valence-corrected chi connectivity index (χ3v) is 4.44. The molecule has 1 aromatic carbocycles. The van der Waals surface area contributed by atoms with Gasteiger partial charge in [-0.1, -0.05) is 17.7 Å². The number of carbonyl (C=O) groups is 1. The molecule has 25 heavy (non-hydrogen) atoms. The molecular formula is C19H17ClFNO3. The Morgan fingerprint density at radius 3 is 2.80 bits per heavy atom. The molecular weight excluding hydrogens is 345 g/mol. The molecule has 0 aliphatic heterocycles. The van der Waals surface area contributed by atoms with E-state index in [1.165, 1.54) is 18.3 Å². The molecule has 1 N–H and O–H groups in total. The van der Waals surface area contributed by atoms with Gasteiger partial charge in [-0.25, -0.2) is 9.18 Å². The normalized spacial score (nSPS) is 14.0. The fourth-order valence-corrected chi connectivity index (χ4v) is 3.28. The monoisotopic (exact) mass is 361 g/mol. The molecule has 0 fully saturated rings. The number of nitrogens with one attached hydrogen (secondary N) is 1. The van der Waals surface area contributed by atoms with Crippen LogP contribution in [0, 0.1) is 5.82 Å². The molecule has 0 saturated heterocycles. The van der Waals surface area contributed by atoms with Gasteiger partial charge in [-0.15, -0.1) is 0 Å². The van der Waals surface area contributed by atoms with Gasteiger partial charge in [0.15, 0.2) is 0 Å². The molecule has 1 aliphatic carbocycles. The highest BCUT2D eigenvalue weighted by molar-refractivity contribution is 6.30. The maximum atomic E-state index is 14.0. The average Bonchev–Trinajstić information content (AvgIpc) is 3.07. The Bertz CT molecular complexity index is 917. The van der Waals surface area contributed by atoms with Crippen LogP contribution in [0.4, 0.5) is 4.39 Å². The molecule has 0 saturated carbocycles. The Balaban J connectivity index is 2.11.